The molecule has 1 amide bonds. The molecule has 0 aromatic heterocycles. The van der Waals surface area contributed by atoms with E-state index in [4.69, 9.17) is 4.74 Å². The molecular formula is C17H29NO3. The second-order valence-corrected chi connectivity index (χ2v) is 6.64. The van der Waals surface area contributed by atoms with Gasteiger partial charge in [0.2, 0.25) is 5.91 Å². The normalized spacial score (nSPS) is 20.9. The molecule has 0 bridgehead atoms. The fourth-order valence-electron chi connectivity index (χ4n) is 3.25. The van der Waals surface area contributed by atoms with E-state index in [0.717, 1.165) is 12.8 Å². The predicted octanol–water partition coefficient (Wildman–Crippen LogP) is 3.15. The van der Waals surface area contributed by atoms with Crippen LogP contribution < -0.4 is 0 Å². The van der Waals surface area contributed by atoms with Gasteiger partial charge in [-0.1, -0.05) is 26.2 Å². The number of hydrogen-bond acceptors (Lipinski definition) is 3. The molecule has 0 radical (unpaired) electrons. The quantitative estimate of drug-likeness (QED) is 0.678. The van der Waals surface area contributed by atoms with Gasteiger partial charge in [-0.05, 0) is 38.5 Å². The van der Waals surface area contributed by atoms with Gasteiger partial charge in [-0.25, -0.2) is 0 Å². The summed E-state index contributed by atoms with van der Waals surface area (Å²) in [6.07, 6.45) is 9.08. The molecule has 120 valence electrons. The molecule has 2 fully saturated rings. The number of hydrogen-bond donors (Lipinski definition) is 0. The van der Waals surface area contributed by atoms with Crippen molar-refractivity contribution in [3.8, 4) is 0 Å². The molecule has 0 aromatic rings. The first-order valence-corrected chi connectivity index (χ1v) is 8.58. The Kier molecular flexibility index (Phi) is 6.07. The highest BCUT2D eigenvalue weighted by atomic mass is 16.5. The van der Waals surface area contributed by atoms with Gasteiger partial charge < -0.3 is 9.64 Å². The number of esters is 1. The molecule has 0 aromatic carbocycles. The van der Waals surface area contributed by atoms with Crippen LogP contribution in [0.1, 0.15) is 65.2 Å². The van der Waals surface area contributed by atoms with Crippen molar-refractivity contribution < 1.29 is 14.3 Å². The van der Waals surface area contributed by atoms with Crippen molar-refractivity contribution in [3.63, 3.8) is 0 Å². The molecular weight excluding hydrogens is 266 g/mol. The largest absolute Gasteiger partial charge is 0.466 e. The Morgan fingerprint density at radius 3 is 2.38 bits per heavy atom. The summed E-state index contributed by atoms with van der Waals surface area (Å²) in [5.41, 5.74) is 0. The minimum Gasteiger partial charge on any atom is -0.466 e. The zero-order chi connectivity index (χ0) is 15.2. The third-order valence-electron chi connectivity index (χ3n) is 4.66. The van der Waals surface area contributed by atoms with Crippen LogP contribution in [0.2, 0.25) is 0 Å². The van der Waals surface area contributed by atoms with E-state index in [0.29, 0.717) is 31.5 Å². The Morgan fingerprint density at radius 1 is 1.14 bits per heavy atom. The maximum atomic E-state index is 12.6. The Bertz CT molecular complexity index is 359. The third-order valence-corrected chi connectivity index (χ3v) is 4.66. The van der Waals surface area contributed by atoms with Gasteiger partial charge in [0.25, 0.3) is 0 Å². The summed E-state index contributed by atoms with van der Waals surface area (Å²) < 4.78 is 5.06. The van der Waals surface area contributed by atoms with E-state index >= 15 is 0 Å². The number of amides is 1. The highest BCUT2D eigenvalue weighted by molar-refractivity contribution is 5.78. The van der Waals surface area contributed by atoms with Crippen LogP contribution in [-0.2, 0) is 14.3 Å². The average Bonchev–Trinajstić information content (AvgIpc) is 3.30. The van der Waals surface area contributed by atoms with Crippen molar-refractivity contribution in [2.24, 2.45) is 11.8 Å². The zero-order valence-electron chi connectivity index (χ0n) is 13.5. The second-order valence-electron chi connectivity index (χ2n) is 6.64. The number of ether oxygens (including phenoxy) is 1. The molecule has 0 N–H and O–H groups in total. The molecule has 2 rings (SSSR count). The lowest BCUT2D eigenvalue weighted by molar-refractivity contribution is -0.149. The van der Waals surface area contributed by atoms with Crippen molar-refractivity contribution in [1.29, 1.82) is 0 Å². The molecule has 1 atom stereocenters. The Balaban J connectivity index is 1.85. The first-order chi connectivity index (χ1) is 10.1. The summed E-state index contributed by atoms with van der Waals surface area (Å²) in [6, 6.07) is 0.373. The lowest BCUT2D eigenvalue weighted by atomic mass is 9.86. The maximum absolute atomic E-state index is 12.6. The lowest BCUT2D eigenvalue weighted by Gasteiger charge is -2.28. The molecule has 2 aliphatic carbocycles. The standard InChI is InChI=1S/C17H29NO3/c1-3-21-17(20)13(2)12-18(15-9-10-15)16(19)11-14-7-5-4-6-8-14/h13-15H,3-12H2,1-2H3. The van der Waals surface area contributed by atoms with Crippen molar-refractivity contribution in [2.75, 3.05) is 13.2 Å². The summed E-state index contributed by atoms with van der Waals surface area (Å²) in [6.45, 7) is 4.61. The van der Waals surface area contributed by atoms with Gasteiger partial charge >= 0.3 is 5.97 Å². The summed E-state index contributed by atoms with van der Waals surface area (Å²) in [4.78, 5) is 26.3. The van der Waals surface area contributed by atoms with E-state index in [1.807, 2.05) is 18.7 Å². The average molecular weight is 295 g/mol. The van der Waals surface area contributed by atoms with Crippen molar-refractivity contribution >= 4 is 11.9 Å². The molecule has 4 heteroatoms. The van der Waals surface area contributed by atoms with Gasteiger partial charge in [-0.2, -0.15) is 0 Å². The molecule has 0 aliphatic heterocycles. The van der Waals surface area contributed by atoms with Crippen LogP contribution in [0.15, 0.2) is 0 Å². The number of carbonyl (C=O) groups excluding carboxylic acids is 2. The Hall–Kier alpha value is -1.06. The molecule has 2 aliphatic rings. The van der Waals surface area contributed by atoms with Gasteiger partial charge in [-0.15, -0.1) is 0 Å². The van der Waals surface area contributed by atoms with Crippen LogP contribution in [0.5, 0.6) is 0 Å². The maximum Gasteiger partial charge on any atom is 0.310 e. The topological polar surface area (TPSA) is 46.6 Å². The van der Waals surface area contributed by atoms with E-state index in [9.17, 15) is 9.59 Å². The SMILES string of the molecule is CCOC(=O)C(C)CN(C(=O)CC1CCCCC1)C1CC1. The zero-order valence-corrected chi connectivity index (χ0v) is 13.5. The minimum absolute atomic E-state index is 0.186. The predicted molar refractivity (Wildman–Crippen MR) is 81.7 cm³/mol. The molecule has 1 unspecified atom stereocenters. The van der Waals surface area contributed by atoms with Crippen molar-refractivity contribution in [1.82, 2.24) is 4.90 Å². The van der Waals surface area contributed by atoms with E-state index in [-0.39, 0.29) is 17.8 Å². The van der Waals surface area contributed by atoms with Crippen molar-refractivity contribution in [3.05, 3.63) is 0 Å². The van der Waals surface area contributed by atoms with Crippen LogP contribution in [-0.4, -0.2) is 36.0 Å². The van der Waals surface area contributed by atoms with Crippen LogP contribution in [0, 0.1) is 11.8 Å². The number of nitrogens with zero attached hydrogens (tertiary/aromatic N) is 1. The smallest absolute Gasteiger partial charge is 0.310 e. The molecule has 21 heavy (non-hydrogen) atoms. The lowest BCUT2D eigenvalue weighted by Crippen LogP contribution is -2.39. The van der Waals surface area contributed by atoms with Crippen molar-refractivity contribution in [2.45, 2.75) is 71.3 Å². The Morgan fingerprint density at radius 2 is 1.81 bits per heavy atom. The van der Waals surface area contributed by atoms with Crippen LogP contribution in [0.3, 0.4) is 0 Å². The van der Waals surface area contributed by atoms with E-state index < -0.39 is 0 Å². The second kappa shape index (κ2) is 7.81. The first-order valence-electron chi connectivity index (χ1n) is 8.58. The number of rotatable bonds is 7. The Labute approximate surface area is 128 Å². The highest BCUT2D eigenvalue weighted by Crippen LogP contribution is 2.31. The summed E-state index contributed by atoms with van der Waals surface area (Å²) >= 11 is 0. The van der Waals surface area contributed by atoms with Gasteiger partial charge in [0.05, 0.1) is 12.5 Å². The molecule has 0 saturated heterocycles. The van der Waals surface area contributed by atoms with Crippen LogP contribution in [0.25, 0.3) is 0 Å². The molecule has 2 saturated carbocycles. The van der Waals surface area contributed by atoms with E-state index in [1.165, 1.54) is 32.1 Å². The molecule has 0 heterocycles. The number of carbonyl (C=O) groups is 2. The summed E-state index contributed by atoms with van der Waals surface area (Å²) in [7, 11) is 0. The van der Waals surface area contributed by atoms with Crippen LogP contribution in [0.4, 0.5) is 0 Å². The minimum atomic E-state index is -0.221. The highest BCUT2D eigenvalue weighted by Gasteiger charge is 2.35. The van der Waals surface area contributed by atoms with Gasteiger partial charge in [-0.3, -0.25) is 9.59 Å². The summed E-state index contributed by atoms with van der Waals surface area (Å²) in [5.74, 6) is 0.403. The van der Waals surface area contributed by atoms with Crippen LogP contribution >= 0.6 is 0 Å². The first kappa shape index (κ1) is 16.3. The van der Waals surface area contributed by atoms with E-state index in [2.05, 4.69) is 0 Å². The van der Waals surface area contributed by atoms with Gasteiger partial charge in [0.15, 0.2) is 0 Å². The molecule has 4 nitrogen and oxygen atoms in total. The van der Waals surface area contributed by atoms with E-state index in [1.54, 1.807) is 0 Å². The fraction of sp³-hybridized carbons (Fsp3) is 0.882. The fourth-order valence-corrected chi connectivity index (χ4v) is 3.25. The molecule has 0 spiro atoms. The third kappa shape index (κ3) is 5.01. The van der Waals surface area contributed by atoms with Gasteiger partial charge in [0.1, 0.15) is 0 Å². The summed E-state index contributed by atoms with van der Waals surface area (Å²) in [5, 5.41) is 0. The monoisotopic (exact) mass is 295 g/mol. The van der Waals surface area contributed by atoms with Gasteiger partial charge in [0, 0.05) is 19.0 Å².